The zero-order valence-corrected chi connectivity index (χ0v) is 15.9. The van der Waals surface area contributed by atoms with Crippen LogP contribution >= 0.6 is 0 Å². The summed E-state index contributed by atoms with van der Waals surface area (Å²) in [5, 5.41) is 9.86. The van der Waals surface area contributed by atoms with Crippen LogP contribution in [0, 0.1) is 0 Å². The van der Waals surface area contributed by atoms with Crippen molar-refractivity contribution in [3.05, 3.63) is 29.8 Å². The van der Waals surface area contributed by atoms with Crippen molar-refractivity contribution in [1.29, 1.82) is 0 Å². The lowest BCUT2D eigenvalue weighted by molar-refractivity contribution is 0.0663. The summed E-state index contributed by atoms with van der Waals surface area (Å²) in [6.07, 6.45) is 7.97. The fourth-order valence-corrected chi connectivity index (χ4v) is 4.48. The molecule has 1 aliphatic carbocycles. The van der Waals surface area contributed by atoms with Gasteiger partial charge < -0.3 is 14.7 Å². The number of benzene rings is 1. The number of likely N-dealkylation sites (tertiary alicyclic amines) is 1. The van der Waals surface area contributed by atoms with Crippen molar-refractivity contribution in [2.75, 3.05) is 27.2 Å². The monoisotopic (exact) mass is 346 g/mol. The summed E-state index contributed by atoms with van der Waals surface area (Å²) in [5.41, 5.74) is 1.32. The molecule has 1 aromatic rings. The molecule has 4 heteroatoms. The summed E-state index contributed by atoms with van der Waals surface area (Å²) in [6, 6.07) is 9.80. The second-order valence-corrected chi connectivity index (χ2v) is 7.85. The molecular weight excluding hydrogens is 312 g/mol. The highest BCUT2D eigenvalue weighted by Gasteiger charge is 2.27. The fraction of sp³-hybridized carbons (Fsp3) is 0.714. The van der Waals surface area contributed by atoms with E-state index in [2.05, 4.69) is 35.0 Å². The van der Waals surface area contributed by atoms with Gasteiger partial charge in [0.05, 0.1) is 13.2 Å². The van der Waals surface area contributed by atoms with Crippen molar-refractivity contribution in [3.8, 4) is 5.75 Å². The number of aliphatic hydroxyl groups is 1. The van der Waals surface area contributed by atoms with Crippen LogP contribution in [-0.4, -0.2) is 60.3 Å². The standard InChI is InChI=1S/C21H34N2O2/c1-22-13-4-6-18(22)12-14-23(19-8-10-20(24)11-9-19)16-17-5-3-7-21(15-17)25-2/h3,5,7,15,18-20,24H,4,6,8-14,16H2,1-2H3. The van der Waals surface area contributed by atoms with Gasteiger partial charge in [0, 0.05) is 25.2 Å². The molecule has 1 unspecified atom stereocenters. The Hall–Kier alpha value is -1.10. The SMILES string of the molecule is COc1cccc(CN(CCC2CCCN2C)C2CCC(O)CC2)c1. The normalized spacial score (nSPS) is 27.8. The van der Waals surface area contributed by atoms with E-state index in [0.717, 1.165) is 50.6 Å². The molecule has 0 amide bonds. The zero-order chi connectivity index (χ0) is 17.6. The minimum Gasteiger partial charge on any atom is -0.497 e. The Labute approximate surface area is 152 Å². The van der Waals surface area contributed by atoms with Crippen molar-refractivity contribution < 1.29 is 9.84 Å². The molecule has 2 fully saturated rings. The van der Waals surface area contributed by atoms with Gasteiger partial charge in [-0.1, -0.05) is 12.1 Å². The first kappa shape index (κ1) is 18.7. The summed E-state index contributed by atoms with van der Waals surface area (Å²) in [5.74, 6) is 0.937. The quantitative estimate of drug-likeness (QED) is 0.822. The van der Waals surface area contributed by atoms with Gasteiger partial charge in [-0.25, -0.2) is 0 Å². The average Bonchev–Trinajstić information content (AvgIpc) is 3.04. The van der Waals surface area contributed by atoms with Crippen molar-refractivity contribution in [3.63, 3.8) is 0 Å². The predicted molar refractivity (Wildman–Crippen MR) is 102 cm³/mol. The van der Waals surface area contributed by atoms with Gasteiger partial charge >= 0.3 is 0 Å². The second-order valence-electron chi connectivity index (χ2n) is 7.85. The number of methoxy groups -OCH3 is 1. The third-order valence-electron chi connectivity index (χ3n) is 6.12. The Kier molecular flexibility index (Phi) is 6.74. The van der Waals surface area contributed by atoms with Crippen LogP contribution in [0.4, 0.5) is 0 Å². The van der Waals surface area contributed by atoms with E-state index in [9.17, 15) is 5.11 Å². The van der Waals surface area contributed by atoms with E-state index < -0.39 is 0 Å². The van der Waals surface area contributed by atoms with E-state index in [1.165, 1.54) is 31.4 Å². The van der Waals surface area contributed by atoms with Crippen molar-refractivity contribution in [2.45, 2.75) is 69.7 Å². The lowest BCUT2D eigenvalue weighted by Gasteiger charge is -2.37. The van der Waals surface area contributed by atoms with Crippen LogP contribution in [0.5, 0.6) is 5.75 Å². The van der Waals surface area contributed by atoms with E-state index in [4.69, 9.17) is 4.74 Å². The number of rotatable bonds is 7. The number of aliphatic hydroxyl groups excluding tert-OH is 1. The molecule has 0 bridgehead atoms. The number of nitrogens with zero attached hydrogens (tertiary/aromatic N) is 2. The van der Waals surface area contributed by atoms with Crippen LogP contribution < -0.4 is 4.74 Å². The van der Waals surface area contributed by atoms with Crippen molar-refractivity contribution in [1.82, 2.24) is 9.80 Å². The maximum atomic E-state index is 9.86. The molecule has 3 rings (SSSR count). The molecular formula is C21H34N2O2. The number of ether oxygens (including phenoxy) is 1. The van der Waals surface area contributed by atoms with Crippen LogP contribution in [0.2, 0.25) is 0 Å². The minimum absolute atomic E-state index is 0.0871. The number of hydrogen-bond acceptors (Lipinski definition) is 4. The Balaban J connectivity index is 1.64. The van der Waals surface area contributed by atoms with Crippen LogP contribution in [0.3, 0.4) is 0 Å². The van der Waals surface area contributed by atoms with Gasteiger partial charge in [-0.2, -0.15) is 0 Å². The minimum atomic E-state index is -0.0871. The summed E-state index contributed by atoms with van der Waals surface area (Å²) >= 11 is 0. The highest BCUT2D eigenvalue weighted by Crippen LogP contribution is 2.27. The molecule has 1 aromatic carbocycles. The predicted octanol–water partition coefficient (Wildman–Crippen LogP) is 3.29. The fourth-order valence-electron chi connectivity index (χ4n) is 4.48. The highest BCUT2D eigenvalue weighted by molar-refractivity contribution is 5.28. The molecule has 1 N–H and O–H groups in total. The Morgan fingerprint density at radius 2 is 2.00 bits per heavy atom. The van der Waals surface area contributed by atoms with Crippen LogP contribution in [-0.2, 0) is 6.54 Å². The summed E-state index contributed by atoms with van der Waals surface area (Å²) in [4.78, 5) is 5.18. The molecule has 0 spiro atoms. The van der Waals surface area contributed by atoms with Gasteiger partial charge in [-0.05, 0) is 76.2 Å². The molecule has 25 heavy (non-hydrogen) atoms. The third-order valence-corrected chi connectivity index (χ3v) is 6.12. The summed E-state index contributed by atoms with van der Waals surface area (Å²) in [6.45, 7) is 3.37. The van der Waals surface area contributed by atoms with E-state index in [0.29, 0.717) is 6.04 Å². The van der Waals surface area contributed by atoms with Crippen LogP contribution in [0.25, 0.3) is 0 Å². The van der Waals surface area contributed by atoms with Crippen LogP contribution in [0.15, 0.2) is 24.3 Å². The summed E-state index contributed by atoms with van der Waals surface area (Å²) < 4.78 is 5.39. The Morgan fingerprint density at radius 3 is 2.68 bits per heavy atom. The lowest BCUT2D eigenvalue weighted by Crippen LogP contribution is -2.41. The third kappa shape index (κ3) is 5.19. The maximum Gasteiger partial charge on any atom is 0.119 e. The van der Waals surface area contributed by atoms with E-state index in [-0.39, 0.29) is 6.10 Å². The van der Waals surface area contributed by atoms with Gasteiger partial charge in [-0.3, -0.25) is 4.90 Å². The molecule has 140 valence electrons. The van der Waals surface area contributed by atoms with E-state index in [1.54, 1.807) is 7.11 Å². The van der Waals surface area contributed by atoms with Gasteiger partial charge in [0.1, 0.15) is 5.75 Å². The molecule has 1 atom stereocenters. The first-order valence-corrected chi connectivity index (χ1v) is 9.91. The smallest absolute Gasteiger partial charge is 0.119 e. The molecule has 1 saturated carbocycles. The molecule has 0 aromatic heterocycles. The summed E-state index contributed by atoms with van der Waals surface area (Å²) in [7, 11) is 4.00. The van der Waals surface area contributed by atoms with Gasteiger partial charge in [0.15, 0.2) is 0 Å². The van der Waals surface area contributed by atoms with Gasteiger partial charge in [-0.15, -0.1) is 0 Å². The molecule has 1 saturated heterocycles. The van der Waals surface area contributed by atoms with Crippen LogP contribution in [0.1, 0.15) is 50.5 Å². The molecule has 1 heterocycles. The second kappa shape index (κ2) is 9.02. The first-order chi connectivity index (χ1) is 12.2. The topological polar surface area (TPSA) is 35.9 Å². The maximum absolute atomic E-state index is 9.86. The molecule has 2 aliphatic rings. The molecule has 1 aliphatic heterocycles. The average molecular weight is 347 g/mol. The lowest BCUT2D eigenvalue weighted by atomic mass is 9.91. The first-order valence-electron chi connectivity index (χ1n) is 9.91. The number of hydrogen-bond donors (Lipinski definition) is 1. The van der Waals surface area contributed by atoms with Gasteiger partial charge in [0.2, 0.25) is 0 Å². The zero-order valence-electron chi connectivity index (χ0n) is 15.9. The van der Waals surface area contributed by atoms with E-state index in [1.807, 2.05) is 6.07 Å². The van der Waals surface area contributed by atoms with E-state index >= 15 is 0 Å². The van der Waals surface area contributed by atoms with Gasteiger partial charge in [0.25, 0.3) is 0 Å². The van der Waals surface area contributed by atoms with Crippen molar-refractivity contribution in [2.24, 2.45) is 0 Å². The Morgan fingerprint density at radius 1 is 1.20 bits per heavy atom. The molecule has 4 nitrogen and oxygen atoms in total. The highest BCUT2D eigenvalue weighted by atomic mass is 16.5. The van der Waals surface area contributed by atoms with Crippen molar-refractivity contribution >= 4 is 0 Å². The largest absolute Gasteiger partial charge is 0.497 e. The molecule has 0 radical (unpaired) electrons. The Bertz CT molecular complexity index is 528.